The molecule has 0 atom stereocenters. The van der Waals surface area contributed by atoms with Gasteiger partial charge in [-0.3, -0.25) is 10.3 Å². The van der Waals surface area contributed by atoms with E-state index in [1.807, 2.05) is 37.3 Å². The SMILES string of the molecule is C=C(C)NOCc1ccc(COc2cc(F)cc(C3(OC)CCOCC3)c2)cc1. The number of methoxy groups -OCH3 is 1. The van der Waals surface area contributed by atoms with Crippen LogP contribution in [0, 0.1) is 5.82 Å². The molecule has 0 aliphatic carbocycles. The molecule has 1 saturated heterocycles. The first-order valence-corrected chi connectivity index (χ1v) is 9.69. The predicted octanol–water partition coefficient (Wildman–Crippen LogP) is 4.61. The first kappa shape index (κ1) is 21.3. The molecule has 156 valence electrons. The van der Waals surface area contributed by atoms with Crippen LogP contribution in [0.2, 0.25) is 0 Å². The molecule has 0 aromatic heterocycles. The fraction of sp³-hybridized carbons (Fsp3) is 0.391. The summed E-state index contributed by atoms with van der Waals surface area (Å²) in [6, 6.07) is 12.7. The van der Waals surface area contributed by atoms with Crippen LogP contribution in [0.1, 0.15) is 36.5 Å². The van der Waals surface area contributed by atoms with Crippen molar-refractivity contribution in [1.82, 2.24) is 5.48 Å². The zero-order valence-electron chi connectivity index (χ0n) is 17.0. The summed E-state index contributed by atoms with van der Waals surface area (Å²) in [6.07, 6.45) is 1.38. The maximum Gasteiger partial charge on any atom is 0.127 e. The van der Waals surface area contributed by atoms with Gasteiger partial charge in [0.25, 0.3) is 0 Å². The van der Waals surface area contributed by atoms with E-state index in [2.05, 4.69) is 12.1 Å². The van der Waals surface area contributed by atoms with E-state index in [0.717, 1.165) is 22.4 Å². The number of nitrogens with one attached hydrogen (secondary N) is 1. The lowest BCUT2D eigenvalue weighted by Gasteiger charge is -2.36. The average molecular weight is 401 g/mol. The summed E-state index contributed by atoms with van der Waals surface area (Å²) in [4.78, 5) is 5.31. The highest BCUT2D eigenvalue weighted by atomic mass is 19.1. The molecule has 2 aromatic carbocycles. The van der Waals surface area contributed by atoms with Gasteiger partial charge in [0, 0.05) is 44.9 Å². The first-order valence-electron chi connectivity index (χ1n) is 9.69. The molecule has 0 amide bonds. The highest BCUT2D eigenvalue weighted by Crippen LogP contribution is 2.37. The minimum Gasteiger partial charge on any atom is -0.489 e. The number of allylic oxidation sites excluding steroid dienone is 1. The molecule has 29 heavy (non-hydrogen) atoms. The Hall–Kier alpha value is -2.41. The number of halogens is 1. The quantitative estimate of drug-likeness (QED) is 0.622. The third kappa shape index (κ3) is 5.79. The maximum absolute atomic E-state index is 14.3. The lowest BCUT2D eigenvalue weighted by atomic mass is 9.86. The van der Waals surface area contributed by atoms with Crippen LogP contribution in [-0.4, -0.2) is 20.3 Å². The van der Waals surface area contributed by atoms with E-state index >= 15 is 0 Å². The normalized spacial score (nSPS) is 15.7. The third-order valence-corrected chi connectivity index (χ3v) is 5.00. The molecule has 6 heteroatoms. The van der Waals surface area contributed by atoms with E-state index in [-0.39, 0.29) is 5.82 Å². The Morgan fingerprint density at radius 3 is 2.38 bits per heavy atom. The molecule has 1 aliphatic heterocycles. The van der Waals surface area contributed by atoms with Crippen LogP contribution < -0.4 is 10.2 Å². The maximum atomic E-state index is 14.3. The van der Waals surface area contributed by atoms with E-state index in [0.29, 0.717) is 45.0 Å². The van der Waals surface area contributed by atoms with Crippen LogP contribution in [0.25, 0.3) is 0 Å². The van der Waals surface area contributed by atoms with Gasteiger partial charge in [-0.25, -0.2) is 4.39 Å². The van der Waals surface area contributed by atoms with Gasteiger partial charge < -0.3 is 14.2 Å². The minimum atomic E-state index is -0.530. The highest BCUT2D eigenvalue weighted by Gasteiger charge is 2.35. The summed E-state index contributed by atoms with van der Waals surface area (Å²) in [5.74, 6) is 0.152. The molecular weight excluding hydrogens is 373 g/mol. The van der Waals surface area contributed by atoms with Crippen LogP contribution in [0.5, 0.6) is 5.75 Å². The Morgan fingerprint density at radius 2 is 1.76 bits per heavy atom. The van der Waals surface area contributed by atoms with E-state index in [1.54, 1.807) is 7.11 Å². The molecule has 1 N–H and O–H groups in total. The van der Waals surface area contributed by atoms with Crippen molar-refractivity contribution in [2.24, 2.45) is 0 Å². The van der Waals surface area contributed by atoms with Gasteiger partial charge in [0.1, 0.15) is 18.2 Å². The molecule has 2 aromatic rings. The van der Waals surface area contributed by atoms with Gasteiger partial charge in [-0.05, 0) is 35.7 Å². The number of rotatable bonds is 9. The Bertz CT molecular complexity index is 816. The lowest BCUT2D eigenvalue weighted by molar-refractivity contribution is -0.0950. The molecule has 5 nitrogen and oxygen atoms in total. The number of ether oxygens (including phenoxy) is 3. The number of hydrogen-bond donors (Lipinski definition) is 1. The summed E-state index contributed by atoms with van der Waals surface area (Å²) in [7, 11) is 1.66. The second kappa shape index (κ2) is 9.87. The third-order valence-electron chi connectivity index (χ3n) is 5.00. The Balaban J connectivity index is 1.63. The van der Waals surface area contributed by atoms with Gasteiger partial charge in [-0.2, -0.15) is 0 Å². The summed E-state index contributed by atoms with van der Waals surface area (Å²) < 4.78 is 31.3. The molecular formula is C23H28FNO4. The van der Waals surface area contributed by atoms with Crippen molar-refractivity contribution >= 4 is 0 Å². The van der Waals surface area contributed by atoms with E-state index in [9.17, 15) is 4.39 Å². The van der Waals surface area contributed by atoms with Crippen molar-refractivity contribution in [2.45, 2.75) is 38.6 Å². The van der Waals surface area contributed by atoms with Gasteiger partial charge in [0.05, 0.1) is 12.2 Å². The van der Waals surface area contributed by atoms with Crippen LogP contribution in [0.4, 0.5) is 4.39 Å². The molecule has 0 unspecified atom stereocenters. The Kier molecular flexibility index (Phi) is 7.25. The zero-order chi connectivity index (χ0) is 20.7. The number of benzene rings is 2. The zero-order valence-corrected chi connectivity index (χ0v) is 17.0. The fourth-order valence-corrected chi connectivity index (χ4v) is 3.36. The van der Waals surface area contributed by atoms with Crippen molar-refractivity contribution in [3.63, 3.8) is 0 Å². The van der Waals surface area contributed by atoms with E-state index < -0.39 is 5.60 Å². The molecule has 0 radical (unpaired) electrons. The second-order valence-corrected chi connectivity index (χ2v) is 7.26. The van der Waals surface area contributed by atoms with Crippen LogP contribution in [0.15, 0.2) is 54.7 Å². The van der Waals surface area contributed by atoms with E-state index in [4.69, 9.17) is 19.0 Å². The van der Waals surface area contributed by atoms with Gasteiger partial charge in [-0.15, -0.1) is 0 Å². The largest absolute Gasteiger partial charge is 0.489 e. The Morgan fingerprint density at radius 1 is 1.10 bits per heavy atom. The number of hydroxylamine groups is 1. The van der Waals surface area contributed by atoms with Gasteiger partial charge in [-0.1, -0.05) is 30.8 Å². The molecule has 0 spiro atoms. The monoisotopic (exact) mass is 401 g/mol. The minimum absolute atomic E-state index is 0.335. The number of hydrogen-bond acceptors (Lipinski definition) is 5. The van der Waals surface area contributed by atoms with Crippen molar-refractivity contribution in [2.75, 3.05) is 20.3 Å². The van der Waals surface area contributed by atoms with Crippen molar-refractivity contribution < 1.29 is 23.4 Å². The molecule has 0 saturated carbocycles. The second-order valence-electron chi connectivity index (χ2n) is 7.26. The van der Waals surface area contributed by atoms with Gasteiger partial charge in [0.2, 0.25) is 0 Å². The Labute approximate surface area is 171 Å². The highest BCUT2D eigenvalue weighted by molar-refractivity contribution is 5.34. The summed E-state index contributed by atoms with van der Waals surface area (Å²) in [5.41, 5.74) is 5.75. The van der Waals surface area contributed by atoms with Gasteiger partial charge >= 0.3 is 0 Å². The van der Waals surface area contributed by atoms with Crippen LogP contribution >= 0.6 is 0 Å². The summed E-state index contributed by atoms with van der Waals surface area (Å²) >= 11 is 0. The summed E-state index contributed by atoms with van der Waals surface area (Å²) in [6.45, 7) is 7.51. The van der Waals surface area contributed by atoms with Crippen LogP contribution in [-0.2, 0) is 33.1 Å². The van der Waals surface area contributed by atoms with Crippen molar-refractivity contribution in [1.29, 1.82) is 0 Å². The molecule has 0 bridgehead atoms. The predicted molar refractivity (Wildman–Crippen MR) is 109 cm³/mol. The van der Waals surface area contributed by atoms with Crippen molar-refractivity contribution in [3.05, 3.63) is 77.2 Å². The van der Waals surface area contributed by atoms with Crippen molar-refractivity contribution in [3.8, 4) is 5.75 Å². The summed E-state index contributed by atoms with van der Waals surface area (Å²) in [5, 5.41) is 0. The van der Waals surface area contributed by atoms with E-state index in [1.165, 1.54) is 12.1 Å². The molecule has 1 fully saturated rings. The smallest absolute Gasteiger partial charge is 0.127 e. The van der Waals surface area contributed by atoms with Gasteiger partial charge in [0.15, 0.2) is 0 Å². The standard InChI is InChI=1S/C23H28FNO4/c1-17(2)25-29-16-19-6-4-18(5-7-19)15-28-22-13-20(12-21(24)14-22)23(26-3)8-10-27-11-9-23/h4-7,12-14,25H,1,8-11,15-16H2,2-3H3. The first-order chi connectivity index (χ1) is 14.0. The molecule has 3 rings (SSSR count). The molecule has 1 heterocycles. The molecule has 1 aliphatic rings. The van der Waals surface area contributed by atoms with Crippen LogP contribution in [0.3, 0.4) is 0 Å². The average Bonchev–Trinajstić information content (AvgIpc) is 2.73. The fourth-order valence-electron chi connectivity index (χ4n) is 3.36. The lowest BCUT2D eigenvalue weighted by Crippen LogP contribution is -2.35. The topological polar surface area (TPSA) is 49.0 Å².